The number of nitrogens with zero attached hydrogens (tertiary/aromatic N) is 3. The fourth-order valence-corrected chi connectivity index (χ4v) is 1.94. The molecule has 94 valence electrons. The van der Waals surface area contributed by atoms with Crippen LogP contribution in [0.2, 0.25) is 0 Å². The van der Waals surface area contributed by atoms with Gasteiger partial charge in [0, 0.05) is 12.7 Å². The molecule has 0 aromatic carbocycles. The van der Waals surface area contributed by atoms with Gasteiger partial charge in [0.05, 0.1) is 24.1 Å². The molecule has 0 fully saturated rings. The third-order valence-corrected chi connectivity index (χ3v) is 2.83. The van der Waals surface area contributed by atoms with Crippen molar-refractivity contribution in [1.29, 1.82) is 0 Å². The summed E-state index contributed by atoms with van der Waals surface area (Å²) in [6.07, 6.45) is 3.51. The molecule has 0 unspecified atom stereocenters. The highest BCUT2D eigenvalue weighted by atomic mass is 15.2. The number of anilines is 2. The van der Waals surface area contributed by atoms with E-state index in [2.05, 4.69) is 21.8 Å². The maximum absolute atomic E-state index is 5.73. The van der Waals surface area contributed by atoms with Gasteiger partial charge in [-0.15, -0.1) is 0 Å². The van der Waals surface area contributed by atoms with Crippen molar-refractivity contribution in [2.45, 2.75) is 20.4 Å². The van der Waals surface area contributed by atoms with Crippen molar-refractivity contribution in [2.75, 3.05) is 17.2 Å². The van der Waals surface area contributed by atoms with Crippen molar-refractivity contribution in [3.8, 4) is 0 Å². The zero-order valence-corrected chi connectivity index (χ0v) is 10.8. The Bertz CT molecular complexity index is 510. The van der Waals surface area contributed by atoms with E-state index in [1.807, 2.05) is 37.4 Å². The van der Waals surface area contributed by atoms with Crippen LogP contribution in [0.1, 0.15) is 18.2 Å². The van der Waals surface area contributed by atoms with Gasteiger partial charge in [0.15, 0.2) is 0 Å². The molecule has 4 heteroatoms. The number of hydrogen-bond acceptors (Lipinski definition) is 4. The first kappa shape index (κ1) is 12.4. The molecule has 2 aromatic rings. The van der Waals surface area contributed by atoms with Crippen LogP contribution in [0.3, 0.4) is 0 Å². The third-order valence-electron chi connectivity index (χ3n) is 2.83. The van der Waals surface area contributed by atoms with Gasteiger partial charge in [0.25, 0.3) is 0 Å². The van der Waals surface area contributed by atoms with E-state index in [0.29, 0.717) is 5.69 Å². The lowest BCUT2D eigenvalue weighted by molar-refractivity contribution is 0.790. The van der Waals surface area contributed by atoms with Crippen LogP contribution in [0.15, 0.2) is 36.7 Å². The summed E-state index contributed by atoms with van der Waals surface area (Å²) in [7, 11) is 0. The van der Waals surface area contributed by atoms with Gasteiger partial charge < -0.3 is 10.6 Å². The van der Waals surface area contributed by atoms with Gasteiger partial charge >= 0.3 is 0 Å². The molecule has 0 atom stereocenters. The summed E-state index contributed by atoms with van der Waals surface area (Å²) in [5, 5.41) is 0. The molecule has 18 heavy (non-hydrogen) atoms. The van der Waals surface area contributed by atoms with Crippen LogP contribution in [0.4, 0.5) is 11.5 Å². The summed E-state index contributed by atoms with van der Waals surface area (Å²) in [6.45, 7) is 5.78. The Morgan fingerprint density at radius 1 is 1.28 bits per heavy atom. The first-order valence-corrected chi connectivity index (χ1v) is 6.07. The Kier molecular flexibility index (Phi) is 3.77. The SMILES string of the molecule is CCN(Cc1ccccn1)c1ncc(N)cc1C. The van der Waals surface area contributed by atoms with Gasteiger partial charge in [-0.2, -0.15) is 0 Å². The van der Waals surface area contributed by atoms with E-state index >= 15 is 0 Å². The average molecular weight is 242 g/mol. The quantitative estimate of drug-likeness (QED) is 0.894. The maximum Gasteiger partial charge on any atom is 0.131 e. The summed E-state index contributed by atoms with van der Waals surface area (Å²) in [5.41, 5.74) is 8.56. The van der Waals surface area contributed by atoms with Crippen LogP contribution in [0.25, 0.3) is 0 Å². The minimum Gasteiger partial charge on any atom is -0.397 e. The molecule has 0 aliphatic carbocycles. The third kappa shape index (κ3) is 2.77. The Morgan fingerprint density at radius 3 is 2.72 bits per heavy atom. The minimum absolute atomic E-state index is 0.699. The summed E-state index contributed by atoms with van der Waals surface area (Å²) < 4.78 is 0. The van der Waals surface area contributed by atoms with Crippen LogP contribution >= 0.6 is 0 Å². The molecular formula is C14H18N4. The Labute approximate surface area is 107 Å². The summed E-state index contributed by atoms with van der Waals surface area (Å²) in [6, 6.07) is 7.89. The van der Waals surface area contributed by atoms with E-state index in [0.717, 1.165) is 30.2 Å². The number of aryl methyl sites for hydroxylation is 1. The fraction of sp³-hybridized carbons (Fsp3) is 0.286. The molecule has 0 saturated carbocycles. The van der Waals surface area contributed by atoms with E-state index in [1.165, 1.54) is 0 Å². The van der Waals surface area contributed by atoms with Gasteiger partial charge in [-0.3, -0.25) is 4.98 Å². The molecule has 0 saturated heterocycles. The molecule has 0 bridgehead atoms. The number of rotatable bonds is 4. The van der Waals surface area contributed by atoms with E-state index in [-0.39, 0.29) is 0 Å². The van der Waals surface area contributed by atoms with Crippen molar-refractivity contribution in [3.05, 3.63) is 47.9 Å². The topological polar surface area (TPSA) is 55.0 Å². The van der Waals surface area contributed by atoms with E-state index in [4.69, 9.17) is 5.73 Å². The number of aromatic nitrogens is 2. The van der Waals surface area contributed by atoms with Crippen molar-refractivity contribution in [1.82, 2.24) is 9.97 Å². The molecule has 2 aromatic heterocycles. The lowest BCUT2D eigenvalue weighted by Crippen LogP contribution is -2.24. The molecule has 2 N–H and O–H groups in total. The van der Waals surface area contributed by atoms with E-state index < -0.39 is 0 Å². The molecule has 0 spiro atoms. The van der Waals surface area contributed by atoms with Crippen molar-refractivity contribution in [3.63, 3.8) is 0 Å². The molecule has 4 nitrogen and oxygen atoms in total. The largest absolute Gasteiger partial charge is 0.397 e. The van der Waals surface area contributed by atoms with Crippen LogP contribution in [0.5, 0.6) is 0 Å². The molecule has 0 radical (unpaired) electrons. The predicted molar refractivity (Wildman–Crippen MR) is 74.3 cm³/mol. The standard InChI is InChI=1S/C14H18N4/c1-3-18(10-13-6-4-5-7-16-13)14-11(2)8-12(15)9-17-14/h4-9H,3,10,15H2,1-2H3. The molecule has 0 aliphatic heterocycles. The molecule has 0 aliphatic rings. The summed E-state index contributed by atoms with van der Waals surface area (Å²) in [4.78, 5) is 11.0. The first-order valence-electron chi connectivity index (χ1n) is 6.07. The lowest BCUT2D eigenvalue weighted by Gasteiger charge is -2.23. The highest BCUT2D eigenvalue weighted by Gasteiger charge is 2.10. The maximum atomic E-state index is 5.73. The second kappa shape index (κ2) is 5.49. The predicted octanol–water partition coefficient (Wildman–Crippen LogP) is 2.39. The zero-order chi connectivity index (χ0) is 13.0. The van der Waals surface area contributed by atoms with Crippen molar-refractivity contribution in [2.24, 2.45) is 0 Å². The number of hydrogen-bond donors (Lipinski definition) is 1. The minimum atomic E-state index is 0.699. The van der Waals surface area contributed by atoms with Crippen LogP contribution in [0, 0.1) is 6.92 Å². The molecule has 0 amide bonds. The van der Waals surface area contributed by atoms with Gasteiger partial charge in [0.2, 0.25) is 0 Å². The molecule has 2 rings (SSSR count). The first-order chi connectivity index (χ1) is 8.70. The highest BCUT2D eigenvalue weighted by Crippen LogP contribution is 2.20. The van der Waals surface area contributed by atoms with Gasteiger partial charge in [-0.05, 0) is 37.6 Å². The number of nitrogen functional groups attached to an aromatic ring is 1. The normalized spacial score (nSPS) is 10.3. The Balaban J connectivity index is 2.23. The monoisotopic (exact) mass is 242 g/mol. The Morgan fingerprint density at radius 2 is 2.11 bits per heavy atom. The summed E-state index contributed by atoms with van der Waals surface area (Å²) in [5.74, 6) is 0.970. The highest BCUT2D eigenvalue weighted by molar-refractivity contribution is 5.52. The number of pyridine rings is 2. The summed E-state index contributed by atoms with van der Waals surface area (Å²) >= 11 is 0. The van der Waals surface area contributed by atoms with Gasteiger partial charge in [-0.1, -0.05) is 6.07 Å². The smallest absolute Gasteiger partial charge is 0.131 e. The molecule has 2 heterocycles. The second-order valence-corrected chi connectivity index (χ2v) is 4.24. The van der Waals surface area contributed by atoms with Crippen LogP contribution in [-0.2, 0) is 6.54 Å². The lowest BCUT2D eigenvalue weighted by atomic mass is 10.2. The van der Waals surface area contributed by atoms with Crippen LogP contribution < -0.4 is 10.6 Å². The van der Waals surface area contributed by atoms with Crippen molar-refractivity contribution < 1.29 is 0 Å². The van der Waals surface area contributed by atoms with Crippen LogP contribution in [-0.4, -0.2) is 16.5 Å². The molecular weight excluding hydrogens is 224 g/mol. The van der Waals surface area contributed by atoms with E-state index in [1.54, 1.807) is 6.20 Å². The fourth-order valence-electron chi connectivity index (χ4n) is 1.94. The second-order valence-electron chi connectivity index (χ2n) is 4.24. The van der Waals surface area contributed by atoms with Gasteiger partial charge in [-0.25, -0.2) is 4.98 Å². The average Bonchev–Trinajstić information content (AvgIpc) is 2.38. The number of nitrogens with two attached hydrogens (primary N) is 1. The Hall–Kier alpha value is -2.10. The van der Waals surface area contributed by atoms with Gasteiger partial charge in [0.1, 0.15) is 5.82 Å². The van der Waals surface area contributed by atoms with E-state index in [9.17, 15) is 0 Å². The zero-order valence-electron chi connectivity index (χ0n) is 10.8. The van der Waals surface area contributed by atoms with Crippen molar-refractivity contribution >= 4 is 11.5 Å².